The molecule has 1 aliphatic rings. The second kappa shape index (κ2) is 8.73. The summed E-state index contributed by atoms with van der Waals surface area (Å²) in [6, 6.07) is 12.6. The van der Waals surface area contributed by atoms with Crippen LogP contribution in [0.4, 0.5) is 24.5 Å². The predicted molar refractivity (Wildman–Crippen MR) is 110 cm³/mol. The third kappa shape index (κ3) is 4.83. The van der Waals surface area contributed by atoms with Crippen LogP contribution in [0.25, 0.3) is 11.4 Å². The van der Waals surface area contributed by atoms with Crippen molar-refractivity contribution in [2.45, 2.75) is 6.18 Å². The highest BCUT2D eigenvalue weighted by atomic mass is 19.4. The van der Waals surface area contributed by atoms with Crippen molar-refractivity contribution in [3.05, 3.63) is 72.1 Å². The molecule has 1 saturated heterocycles. The second-order valence-corrected chi connectivity index (χ2v) is 6.94. The number of nitrogens with zero attached hydrogens (tertiary/aromatic N) is 3. The summed E-state index contributed by atoms with van der Waals surface area (Å²) in [7, 11) is 0. The summed E-state index contributed by atoms with van der Waals surface area (Å²) in [4.78, 5) is 23.0. The number of ether oxygens (including phenoxy) is 1. The number of amides is 1. The highest BCUT2D eigenvalue weighted by Gasteiger charge is 2.32. The van der Waals surface area contributed by atoms with E-state index in [2.05, 4.69) is 15.3 Å². The molecule has 0 atom stereocenters. The maximum Gasteiger partial charge on any atom is 0.416 e. The van der Waals surface area contributed by atoms with Gasteiger partial charge in [-0.05, 0) is 18.2 Å². The predicted octanol–water partition coefficient (Wildman–Crippen LogP) is 4.25. The number of carbonyl (C=O) groups is 1. The molecule has 31 heavy (non-hydrogen) atoms. The van der Waals surface area contributed by atoms with Gasteiger partial charge in [0.2, 0.25) is 0 Å². The maximum atomic E-state index is 13.2. The molecule has 1 aromatic heterocycles. The van der Waals surface area contributed by atoms with Gasteiger partial charge in [-0.15, -0.1) is 0 Å². The fraction of sp³-hybridized carbons (Fsp3) is 0.227. The number of anilines is 2. The lowest BCUT2D eigenvalue weighted by atomic mass is 10.1. The lowest BCUT2D eigenvalue weighted by Crippen LogP contribution is -2.36. The van der Waals surface area contributed by atoms with Crippen LogP contribution in [0.15, 0.2) is 60.9 Å². The molecule has 1 amide bonds. The minimum absolute atomic E-state index is 0.0776. The number of rotatable bonds is 4. The van der Waals surface area contributed by atoms with E-state index >= 15 is 0 Å². The largest absolute Gasteiger partial charge is 0.416 e. The van der Waals surface area contributed by atoms with Gasteiger partial charge in [0, 0.05) is 31.0 Å². The van der Waals surface area contributed by atoms with Gasteiger partial charge < -0.3 is 15.0 Å². The lowest BCUT2D eigenvalue weighted by molar-refractivity contribution is -0.137. The maximum absolute atomic E-state index is 13.2. The Balaban J connectivity index is 1.60. The van der Waals surface area contributed by atoms with Crippen LogP contribution in [-0.2, 0) is 10.9 Å². The Labute approximate surface area is 176 Å². The summed E-state index contributed by atoms with van der Waals surface area (Å²) >= 11 is 0. The standard InChI is InChI=1S/C22H19F3N4O2/c23-22(24,25)17-6-7-19(29-8-10-31-11-9-29)18(12-17)28-21(30)16-13-26-20(27-14-16)15-4-2-1-3-5-15/h1-7,12-14H,8-11H2,(H,28,30). The molecule has 160 valence electrons. The van der Waals surface area contributed by atoms with E-state index in [4.69, 9.17) is 4.74 Å². The van der Waals surface area contributed by atoms with Gasteiger partial charge in [0.05, 0.1) is 35.7 Å². The van der Waals surface area contributed by atoms with E-state index in [0.29, 0.717) is 37.8 Å². The van der Waals surface area contributed by atoms with Crippen molar-refractivity contribution >= 4 is 17.3 Å². The molecule has 6 nitrogen and oxygen atoms in total. The summed E-state index contributed by atoms with van der Waals surface area (Å²) in [5.74, 6) is -0.140. The van der Waals surface area contributed by atoms with Crippen LogP contribution in [0, 0.1) is 0 Å². The van der Waals surface area contributed by atoms with E-state index in [1.807, 2.05) is 35.2 Å². The highest BCUT2D eigenvalue weighted by Crippen LogP contribution is 2.36. The molecule has 0 saturated carbocycles. The minimum atomic E-state index is -4.52. The van der Waals surface area contributed by atoms with Gasteiger partial charge >= 0.3 is 6.18 Å². The molecule has 1 fully saturated rings. The molecular weight excluding hydrogens is 409 g/mol. The molecule has 3 aromatic rings. The van der Waals surface area contributed by atoms with Crippen molar-refractivity contribution in [3.8, 4) is 11.4 Å². The summed E-state index contributed by atoms with van der Waals surface area (Å²) in [5, 5.41) is 2.59. The van der Waals surface area contributed by atoms with Gasteiger partial charge in [0.25, 0.3) is 5.91 Å². The Morgan fingerprint density at radius 3 is 2.32 bits per heavy atom. The number of hydrogen-bond donors (Lipinski definition) is 1. The fourth-order valence-electron chi connectivity index (χ4n) is 3.27. The van der Waals surface area contributed by atoms with E-state index in [-0.39, 0.29) is 11.3 Å². The number of hydrogen-bond acceptors (Lipinski definition) is 5. The SMILES string of the molecule is O=C(Nc1cc(C(F)(F)F)ccc1N1CCOCC1)c1cnc(-c2ccccc2)nc1. The van der Waals surface area contributed by atoms with Crippen LogP contribution in [0.1, 0.15) is 15.9 Å². The van der Waals surface area contributed by atoms with Crippen LogP contribution in [0.2, 0.25) is 0 Å². The first-order chi connectivity index (χ1) is 14.9. The average molecular weight is 428 g/mol. The van der Waals surface area contributed by atoms with E-state index in [9.17, 15) is 18.0 Å². The molecule has 0 spiro atoms. The quantitative estimate of drug-likeness (QED) is 0.673. The normalized spacial score (nSPS) is 14.4. The van der Waals surface area contributed by atoms with E-state index < -0.39 is 17.6 Å². The zero-order valence-electron chi connectivity index (χ0n) is 16.4. The molecule has 0 bridgehead atoms. The average Bonchev–Trinajstić information content (AvgIpc) is 2.80. The zero-order valence-corrected chi connectivity index (χ0v) is 16.4. The number of benzene rings is 2. The molecular formula is C22H19F3N4O2. The molecule has 0 aliphatic carbocycles. The fourth-order valence-corrected chi connectivity index (χ4v) is 3.27. The van der Waals surface area contributed by atoms with Crippen LogP contribution >= 0.6 is 0 Å². The van der Waals surface area contributed by atoms with E-state index in [0.717, 1.165) is 17.7 Å². The third-order valence-corrected chi connectivity index (χ3v) is 4.87. The molecule has 0 unspecified atom stereocenters. The first-order valence-corrected chi connectivity index (χ1v) is 9.64. The van der Waals surface area contributed by atoms with Gasteiger partial charge in [-0.1, -0.05) is 30.3 Å². The van der Waals surface area contributed by atoms with Crippen LogP contribution in [0.5, 0.6) is 0 Å². The Morgan fingerprint density at radius 2 is 1.68 bits per heavy atom. The molecule has 1 N–H and O–H groups in total. The van der Waals surface area contributed by atoms with Gasteiger partial charge in [0.1, 0.15) is 0 Å². The van der Waals surface area contributed by atoms with Crippen molar-refractivity contribution in [3.63, 3.8) is 0 Å². The summed E-state index contributed by atoms with van der Waals surface area (Å²) < 4.78 is 45.0. The number of nitrogens with one attached hydrogen (secondary N) is 1. The van der Waals surface area contributed by atoms with Crippen LogP contribution in [0.3, 0.4) is 0 Å². The zero-order chi connectivity index (χ0) is 21.8. The number of carbonyl (C=O) groups excluding carboxylic acids is 1. The Kier molecular flexibility index (Phi) is 5.85. The Hall–Kier alpha value is -3.46. The summed E-state index contributed by atoms with van der Waals surface area (Å²) in [6.07, 6.45) is -1.82. The molecule has 2 heterocycles. The van der Waals surface area contributed by atoms with Crippen molar-refractivity contribution in [2.24, 2.45) is 0 Å². The number of halogens is 3. The summed E-state index contributed by atoms with van der Waals surface area (Å²) in [5.41, 5.74) is 0.683. The summed E-state index contributed by atoms with van der Waals surface area (Å²) in [6.45, 7) is 1.96. The van der Waals surface area contributed by atoms with Crippen molar-refractivity contribution in [2.75, 3.05) is 36.5 Å². The van der Waals surface area contributed by atoms with Gasteiger partial charge in [-0.3, -0.25) is 4.79 Å². The number of aromatic nitrogens is 2. The highest BCUT2D eigenvalue weighted by molar-refractivity contribution is 6.05. The van der Waals surface area contributed by atoms with Gasteiger partial charge in [-0.25, -0.2) is 9.97 Å². The van der Waals surface area contributed by atoms with Crippen molar-refractivity contribution in [1.29, 1.82) is 0 Å². The Bertz CT molecular complexity index is 1050. The lowest BCUT2D eigenvalue weighted by Gasteiger charge is -2.31. The first kappa shape index (κ1) is 20.8. The van der Waals surface area contributed by atoms with Gasteiger partial charge in [-0.2, -0.15) is 13.2 Å². The third-order valence-electron chi connectivity index (χ3n) is 4.87. The molecule has 1 aliphatic heterocycles. The number of alkyl halides is 3. The second-order valence-electron chi connectivity index (χ2n) is 6.94. The number of morpholine rings is 1. The molecule has 2 aromatic carbocycles. The molecule has 9 heteroatoms. The molecule has 4 rings (SSSR count). The van der Waals surface area contributed by atoms with Gasteiger partial charge in [0.15, 0.2) is 5.82 Å². The van der Waals surface area contributed by atoms with Crippen LogP contribution < -0.4 is 10.2 Å². The van der Waals surface area contributed by atoms with E-state index in [1.165, 1.54) is 18.5 Å². The van der Waals surface area contributed by atoms with Crippen LogP contribution in [-0.4, -0.2) is 42.2 Å². The Morgan fingerprint density at radius 1 is 1.00 bits per heavy atom. The topological polar surface area (TPSA) is 67.4 Å². The minimum Gasteiger partial charge on any atom is -0.378 e. The smallest absolute Gasteiger partial charge is 0.378 e. The first-order valence-electron chi connectivity index (χ1n) is 9.64. The molecule has 0 radical (unpaired) electrons. The van der Waals surface area contributed by atoms with E-state index in [1.54, 1.807) is 0 Å². The van der Waals surface area contributed by atoms with Crippen molar-refractivity contribution < 1.29 is 22.7 Å². The van der Waals surface area contributed by atoms with Crippen molar-refractivity contribution in [1.82, 2.24) is 9.97 Å². The monoisotopic (exact) mass is 428 g/mol.